The number of unbranched alkanes of at least 4 members (excludes halogenated alkanes) is 1. The van der Waals surface area contributed by atoms with Crippen LogP contribution >= 0.6 is 0 Å². The molecule has 0 heterocycles. The van der Waals surface area contributed by atoms with Gasteiger partial charge in [0.2, 0.25) is 0 Å². The van der Waals surface area contributed by atoms with Crippen LogP contribution in [0.4, 0.5) is 0 Å². The Bertz CT molecular complexity index is 552. The average molecular weight is 252 g/mol. The summed E-state index contributed by atoms with van der Waals surface area (Å²) in [6, 6.07) is 14.5. The standard InChI is InChI=1S/C18H20O/c1-3-4-5-15-8-10-17(11-9-15)18-12-16(13-19)7-6-14(18)2/h6-13H,3-5H2,1-2H3. The lowest BCUT2D eigenvalue weighted by Gasteiger charge is -2.08. The van der Waals surface area contributed by atoms with Gasteiger partial charge in [-0.3, -0.25) is 4.79 Å². The van der Waals surface area contributed by atoms with E-state index in [2.05, 4.69) is 38.1 Å². The van der Waals surface area contributed by atoms with Crippen LogP contribution in [0.1, 0.15) is 41.3 Å². The molecule has 0 saturated carbocycles. The zero-order chi connectivity index (χ0) is 13.7. The first kappa shape index (κ1) is 13.5. The Balaban J connectivity index is 2.28. The predicted molar refractivity (Wildman–Crippen MR) is 80.6 cm³/mol. The van der Waals surface area contributed by atoms with Gasteiger partial charge >= 0.3 is 0 Å². The van der Waals surface area contributed by atoms with Gasteiger partial charge in [0, 0.05) is 5.56 Å². The Morgan fingerprint density at radius 1 is 1.05 bits per heavy atom. The molecule has 2 aromatic rings. The third-order valence-corrected chi connectivity index (χ3v) is 3.48. The van der Waals surface area contributed by atoms with E-state index in [9.17, 15) is 4.79 Å². The van der Waals surface area contributed by atoms with Gasteiger partial charge in [-0.2, -0.15) is 0 Å². The molecule has 0 atom stereocenters. The summed E-state index contributed by atoms with van der Waals surface area (Å²) < 4.78 is 0. The number of benzene rings is 2. The van der Waals surface area contributed by atoms with Gasteiger partial charge in [0.05, 0.1) is 0 Å². The van der Waals surface area contributed by atoms with Crippen molar-refractivity contribution in [1.29, 1.82) is 0 Å². The first-order valence-corrected chi connectivity index (χ1v) is 6.89. The largest absolute Gasteiger partial charge is 0.298 e. The average Bonchev–Trinajstić information content (AvgIpc) is 2.46. The molecule has 0 radical (unpaired) electrons. The molecule has 0 aliphatic rings. The minimum atomic E-state index is 0.732. The Labute approximate surface area is 115 Å². The minimum absolute atomic E-state index is 0.732. The van der Waals surface area contributed by atoms with Crippen molar-refractivity contribution in [3.8, 4) is 11.1 Å². The molecule has 0 aromatic heterocycles. The van der Waals surface area contributed by atoms with Gasteiger partial charge in [-0.25, -0.2) is 0 Å². The van der Waals surface area contributed by atoms with Crippen molar-refractivity contribution >= 4 is 6.29 Å². The fourth-order valence-corrected chi connectivity index (χ4v) is 2.26. The maximum atomic E-state index is 10.9. The van der Waals surface area contributed by atoms with Crippen molar-refractivity contribution in [3.63, 3.8) is 0 Å². The van der Waals surface area contributed by atoms with E-state index in [0.717, 1.165) is 23.8 Å². The van der Waals surface area contributed by atoms with Crippen molar-refractivity contribution in [2.75, 3.05) is 0 Å². The van der Waals surface area contributed by atoms with Gasteiger partial charge in [0.15, 0.2) is 0 Å². The summed E-state index contributed by atoms with van der Waals surface area (Å²) in [5.41, 5.74) is 5.64. The summed E-state index contributed by atoms with van der Waals surface area (Å²) in [6.07, 6.45) is 4.50. The van der Waals surface area contributed by atoms with Crippen LogP contribution in [0.2, 0.25) is 0 Å². The summed E-state index contributed by atoms with van der Waals surface area (Å²) in [6.45, 7) is 4.29. The van der Waals surface area contributed by atoms with E-state index in [1.807, 2.05) is 18.2 Å². The molecule has 98 valence electrons. The molecule has 0 fully saturated rings. The second-order valence-electron chi connectivity index (χ2n) is 4.99. The summed E-state index contributed by atoms with van der Waals surface area (Å²) in [4.78, 5) is 10.9. The Hall–Kier alpha value is -1.89. The Morgan fingerprint density at radius 2 is 1.79 bits per heavy atom. The normalized spacial score (nSPS) is 10.4. The summed E-state index contributed by atoms with van der Waals surface area (Å²) in [5, 5.41) is 0. The Kier molecular flexibility index (Phi) is 4.51. The van der Waals surface area contributed by atoms with E-state index in [-0.39, 0.29) is 0 Å². The molecular weight excluding hydrogens is 232 g/mol. The molecule has 1 heteroatoms. The molecule has 0 saturated heterocycles. The topological polar surface area (TPSA) is 17.1 Å². The molecule has 2 aromatic carbocycles. The predicted octanol–water partition coefficient (Wildman–Crippen LogP) is 4.82. The highest BCUT2D eigenvalue weighted by molar-refractivity contribution is 5.80. The highest BCUT2D eigenvalue weighted by Crippen LogP contribution is 2.25. The molecule has 0 amide bonds. The van der Waals surface area contributed by atoms with Gasteiger partial charge in [-0.05, 0) is 48.1 Å². The zero-order valence-corrected chi connectivity index (χ0v) is 11.6. The van der Waals surface area contributed by atoms with Crippen molar-refractivity contribution in [2.24, 2.45) is 0 Å². The lowest BCUT2D eigenvalue weighted by Crippen LogP contribution is -1.89. The Morgan fingerprint density at radius 3 is 2.42 bits per heavy atom. The number of aryl methyl sites for hydroxylation is 2. The van der Waals surface area contributed by atoms with Crippen LogP contribution in [-0.4, -0.2) is 6.29 Å². The smallest absolute Gasteiger partial charge is 0.150 e. The highest BCUT2D eigenvalue weighted by atomic mass is 16.1. The lowest BCUT2D eigenvalue weighted by atomic mass is 9.97. The van der Waals surface area contributed by atoms with Crippen LogP contribution in [0, 0.1) is 6.92 Å². The van der Waals surface area contributed by atoms with Gasteiger partial charge < -0.3 is 0 Å². The molecule has 0 aliphatic heterocycles. The van der Waals surface area contributed by atoms with Crippen molar-refractivity contribution in [1.82, 2.24) is 0 Å². The fourth-order valence-electron chi connectivity index (χ4n) is 2.26. The maximum absolute atomic E-state index is 10.9. The number of hydrogen-bond donors (Lipinski definition) is 0. The van der Waals surface area contributed by atoms with Crippen molar-refractivity contribution in [3.05, 3.63) is 59.2 Å². The number of rotatable bonds is 5. The highest BCUT2D eigenvalue weighted by Gasteiger charge is 2.03. The number of aldehydes is 1. The van der Waals surface area contributed by atoms with E-state index in [1.54, 1.807) is 0 Å². The maximum Gasteiger partial charge on any atom is 0.150 e. The summed E-state index contributed by atoms with van der Waals surface area (Å²) in [5.74, 6) is 0. The van der Waals surface area contributed by atoms with Gasteiger partial charge in [0.1, 0.15) is 6.29 Å². The number of carbonyl (C=O) groups excluding carboxylic acids is 1. The van der Waals surface area contributed by atoms with Gasteiger partial charge in [-0.15, -0.1) is 0 Å². The van der Waals surface area contributed by atoms with E-state index in [1.165, 1.54) is 29.5 Å². The molecule has 0 unspecified atom stereocenters. The molecule has 0 aliphatic carbocycles. The van der Waals surface area contributed by atoms with Crippen LogP contribution < -0.4 is 0 Å². The molecule has 0 bridgehead atoms. The first-order valence-electron chi connectivity index (χ1n) is 6.89. The minimum Gasteiger partial charge on any atom is -0.298 e. The van der Waals surface area contributed by atoms with E-state index in [4.69, 9.17) is 0 Å². The van der Waals surface area contributed by atoms with Gasteiger partial charge in [0.25, 0.3) is 0 Å². The van der Waals surface area contributed by atoms with Crippen LogP contribution in [0.25, 0.3) is 11.1 Å². The van der Waals surface area contributed by atoms with Crippen molar-refractivity contribution < 1.29 is 4.79 Å². The molecule has 1 nitrogen and oxygen atoms in total. The quantitative estimate of drug-likeness (QED) is 0.697. The second kappa shape index (κ2) is 6.33. The first-order chi connectivity index (χ1) is 9.24. The third kappa shape index (κ3) is 3.31. The van der Waals surface area contributed by atoms with Crippen LogP contribution in [0.3, 0.4) is 0 Å². The zero-order valence-electron chi connectivity index (χ0n) is 11.6. The number of carbonyl (C=O) groups is 1. The molecule has 0 spiro atoms. The third-order valence-electron chi connectivity index (χ3n) is 3.48. The molecule has 0 N–H and O–H groups in total. The van der Waals surface area contributed by atoms with E-state index < -0.39 is 0 Å². The van der Waals surface area contributed by atoms with Crippen LogP contribution in [0.5, 0.6) is 0 Å². The van der Waals surface area contributed by atoms with Crippen molar-refractivity contribution in [2.45, 2.75) is 33.1 Å². The lowest BCUT2D eigenvalue weighted by molar-refractivity contribution is 0.112. The van der Waals surface area contributed by atoms with E-state index >= 15 is 0 Å². The van der Waals surface area contributed by atoms with E-state index in [0.29, 0.717) is 0 Å². The molecule has 19 heavy (non-hydrogen) atoms. The molecule has 2 rings (SSSR count). The van der Waals surface area contributed by atoms with Crippen LogP contribution in [0.15, 0.2) is 42.5 Å². The van der Waals surface area contributed by atoms with Gasteiger partial charge in [-0.1, -0.05) is 49.7 Å². The fraction of sp³-hybridized carbons (Fsp3) is 0.278. The molecular formula is C18H20O. The second-order valence-corrected chi connectivity index (χ2v) is 4.99. The number of hydrogen-bond acceptors (Lipinski definition) is 1. The summed E-state index contributed by atoms with van der Waals surface area (Å²) in [7, 11) is 0. The SMILES string of the molecule is CCCCc1ccc(-c2cc(C=O)ccc2C)cc1. The summed E-state index contributed by atoms with van der Waals surface area (Å²) >= 11 is 0. The monoisotopic (exact) mass is 252 g/mol. The van der Waals surface area contributed by atoms with Crippen LogP contribution in [-0.2, 0) is 6.42 Å².